The van der Waals surface area contributed by atoms with E-state index in [0.29, 0.717) is 17.3 Å². The Balaban J connectivity index is 2.06. The maximum Gasteiger partial charge on any atom is 0.219 e. The molecule has 3 aromatic rings. The molecule has 0 saturated carbocycles. The van der Waals surface area contributed by atoms with Gasteiger partial charge in [0, 0.05) is 29.5 Å². The summed E-state index contributed by atoms with van der Waals surface area (Å²) in [5.41, 5.74) is 8.45. The molecule has 4 heteroatoms. The van der Waals surface area contributed by atoms with Crippen molar-refractivity contribution in [1.82, 2.24) is 9.97 Å². The summed E-state index contributed by atoms with van der Waals surface area (Å²) in [6, 6.07) is 11.2. The first-order valence-electron chi connectivity index (χ1n) is 5.98. The highest BCUT2D eigenvalue weighted by Gasteiger charge is 2.07. The van der Waals surface area contributed by atoms with Crippen LogP contribution in [0.4, 0.5) is 5.69 Å². The molecule has 1 aromatic carbocycles. The van der Waals surface area contributed by atoms with E-state index in [0.717, 1.165) is 16.5 Å². The minimum absolute atomic E-state index is 0.544. The van der Waals surface area contributed by atoms with Gasteiger partial charge < -0.3 is 10.5 Å². The average Bonchev–Trinajstić information content (AvgIpc) is 2.45. The highest BCUT2D eigenvalue weighted by molar-refractivity contribution is 5.94. The second-order valence-corrected chi connectivity index (χ2v) is 4.33. The van der Waals surface area contributed by atoms with Crippen molar-refractivity contribution in [2.75, 3.05) is 5.73 Å². The Kier molecular flexibility index (Phi) is 2.76. The Morgan fingerprint density at radius 3 is 2.74 bits per heavy atom. The molecule has 3 rings (SSSR count). The fourth-order valence-electron chi connectivity index (χ4n) is 1.88. The topological polar surface area (TPSA) is 61.0 Å². The van der Waals surface area contributed by atoms with Gasteiger partial charge in [-0.3, -0.25) is 4.98 Å². The minimum Gasteiger partial charge on any atom is -0.437 e. The van der Waals surface area contributed by atoms with Crippen LogP contribution in [0, 0.1) is 6.92 Å². The second-order valence-electron chi connectivity index (χ2n) is 4.33. The summed E-state index contributed by atoms with van der Waals surface area (Å²) in [6.45, 7) is 1.98. The SMILES string of the molecule is Cc1ccc(Oc2ccc(N)c3cccnc23)nc1. The first-order chi connectivity index (χ1) is 9.24. The smallest absolute Gasteiger partial charge is 0.219 e. The fourth-order valence-corrected chi connectivity index (χ4v) is 1.88. The Hall–Kier alpha value is -2.62. The number of aromatic nitrogens is 2. The van der Waals surface area contributed by atoms with Gasteiger partial charge in [-0.15, -0.1) is 0 Å². The van der Waals surface area contributed by atoms with Gasteiger partial charge in [0.25, 0.3) is 0 Å². The Morgan fingerprint density at radius 2 is 1.95 bits per heavy atom. The van der Waals surface area contributed by atoms with Crippen molar-refractivity contribution < 1.29 is 4.74 Å². The van der Waals surface area contributed by atoms with Gasteiger partial charge >= 0.3 is 0 Å². The number of pyridine rings is 2. The fraction of sp³-hybridized carbons (Fsp3) is 0.0667. The van der Waals surface area contributed by atoms with Crippen molar-refractivity contribution in [3.8, 4) is 11.6 Å². The maximum atomic E-state index is 5.93. The lowest BCUT2D eigenvalue weighted by atomic mass is 10.2. The molecule has 0 atom stereocenters. The molecule has 0 amide bonds. The first-order valence-corrected chi connectivity index (χ1v) is 5.98. The molecule has 2 heterocycles. The number of ether oxygens (including phenoxy) is 1. The molecular formula is C15H13N3O. The van der Waals surface area contributed by atoms with Gasteiger partial charge in [-0.2, -0.15) is 0 Å². The van der Waals surface area contributed by atoms with Crippen molar-refractivity contribution in [2.45, 2.75) is 6.92 Å². The normalized spacial score (nSPS) is 10.6. The number of benzene rings is 1. The Bertz CT molecular complexity index is 723. The first kappa shape index (κ1) is 11.5. The van der Waals surface area contributed by atoms with Crippen molar-refractivity contribution in [3.63, 3.8) is 0 Å². The molecule has 0 aliphatic rings. The van der Waals surface area contributed by atoms with Crippen LogP contribution in [0.1, 0.15) is 5.56 Å². The van der Waals surface area contributed by atoms with Crippen LogP contribution in [0.15, 0.2) is 48.8 Å². The minimum atomic E-state index is 0.544. The summed E-state index contributed by atoms with van der Waals surface area (Å²) in [7, 11) is 0. The van der Waals surface area contributed by atoms with Crippen LogP contribution in [0.5, 0.6) is 11.6 Å². The summed E-state index contributed by atoms with van der Waals surface area (Å²) in [6.07, 6.45) is 3.49. The zero-order chi connectivity index (χ0) is 13.2. The lowest BCUT2D eigenvalue weighted by Gasteiger charge is -2.09. The molecular weight excluding hydrogens is 238 g/mol. The van der Waals surface area contributed by atoms with Gasteiger partial charge in [0.05, 0.1) is 0 Å². The van der Waals surface area contributed by atoms with Crippen LogP contribution in [-0.4, -0.2) is 9.97 Å². The molecule has 0 fully saturated rings. The lowest BCUT2D eigenvalue weighted by molar-refractivity contribution is 0.467. The molecule has 0 unspecified atom stereocenters. The monoisotopic (exact) mass is 251 g/mol. The van der Waals surface area contributed by atoms with Crippen molar-refractivity contribution in [2.24, 2.45) is 0 Å². The molecule has 0 bridgehead atoms. The van der Waals surface area contributed by atoms with E-state index in [9.17, 15) is 0 Å². The average molecular weight is 251 g/mol. The molecule has 4 nitrogen and oxygen atoms in total. The number of hydrogen-bond acceptors (Lipinski definition) is 4. The second kappa shape index (κ2) is 4.57. The molecule has 0 aliphatic carbocycles. The van der Waals surface area contributed by atoms with Crippen LogP contribution < -0.4 is 10.5 Å². The molecule has 19 heavy (non-hydrogen) atoms. The summed E-state index contributed by atoms with van der Waals surface area (Å²) in [4.78, 5) is 8.54. The highest BCUT2D eigenvalue weighted by Crippen LogP contribution is 2.30. The van der Waals surface area contributed by atoms with Crippen LogP contribution in [0.25, 0.3) is 10.9 Å². The van der Waals surface area contributed by atoms with Crippen molar-refractivity contribution >= 4 is 16.6 Å². The van der Waals surface area contributed by atoms with Crippen LogP contribution in [0.3, 0.4) is 0 Å². The Morgan fingerprint density at radius 1 is 1.05 bits per heavy atom. The van der Waals surface area contributed by atoms with Gasteiger partial charge in [0.2, 0.25) is 5.88 Å². The quantitative estimate of drug-likeness (QED) is 0.710. The van der Waals surface area contributed by atoms with Crippen LogP contribution in [0.2, 0.25) is 0 Å². The molecule has 0 radical (unpaired) electrons. The predicted octanol–water partition coefficient (Wildman–Crippen LogP) is 3.31. The van der Waals surface area contributed by atoms with E-state index >= 15 is 0 Å². The molecule has 2 N–H and O–H groups in total. The van der Waals surface area contributed by atoms with E-state index in [2.05, 4.69) is 9.97 Å². The zero-order valence-electron chi connectivity index (χ0n) is 10.5. The number of hydrogen-bond donors (Lipinski definition) is 1. The van der Waals surface area contributed by atoms with Crippen LogP contribution >= 0.6 is 0 Å². The highest BCUT2D eigenvalue weighted by atomic mass is 16.5. The molecule has 0 spiro atoms. The van der Waals surface area contributed by atoms with E-state index in [1.165, 1.54) is 0 Å². The number of nitrogen functional groups attached to an aromatic ring is 1. The van der Waals surface area contributed by atoms with Gasteiger partial charge in [0.15, 0.2) is 5.75 Å². The van der Waals surface area contributed by atoms with Gasteiger partial charge in [-0.1, -0.05) is 6.07 Å². The third-order valence-electron chi connectivity index (χ3n) is 2.87. The molecule has 2 aromatic heterocycles. The predicted molar refractivity (Wildman–Crippen MR) is 75.2 cm³/mol. The van der Waals surface area contributed by atoms with Gasteiger partial charge in [-0.25, -0.2) is 4.98 Å². The number of fused-ring (bicyclic) bond motifs is 1. The molecule has 0 saturated heterocycles. The number of anilines is 1. The number of nitrogens with zero attached hydrogens (tertiary/aromatic N) is 2. The summed E-state index contributed by atoms with van der Waals surface area (Å²) in [5.74, 6) is 1.20. The summed E-state index contributed by atoms with van der Waals surface area (Å²) in [5, 5.41) is 0.882. The number of aryl methyl sites for hydroxylation is 1. The molecule has 0 aliphatic heterocycles. The largest absolute Gasteiger partial charge is 0.437 e. The summed E-state index contributed by atoms with van der Waals surface area (Å²) >= 11 is 0. The van der Waals surface area contributed by atoms with Gasteiger partial charge in [-0.05, 0) is 36.8 Å². The third kappa shape index (κ3) is 2.20. The lowest BCUT2D eigenvalue weighted by Crippen LogP contribution is -1.93. The maximum absolute atomic E-state index is 5.93. The number of rotatable bonds is 2. The zero-order valence-corrected chi connectivity index (χ0v) is 10.5. The van der Waals surface area contributed by atoms with Crippen molar-refractivity contribution in [1.29, 1.82) is 0 Å². The molecule has 94 valence electrons. The van der Waals surface area contributed by atoms with Crippen LogP contribution in [-0.2, 0) is 0 Å². The standard InChI is InChI=1S/C15H13N3O/c1-10-4-7-14(18-9-10)19-13-6-5-12(16)11-3-2-8-17-15(11)13/h2-9H,16H2,1H3. The van der Waals surface area contributed by atoms with E-state index < -0.39 is 0 Å². The third-order valence-corrected chi connectivity index (χ3v) is 2.87. The van der Waals surface area contributed by atoms with Gasteiger partial charge in [0.1, 0.15) is 5.52 Å². The Labute approximate surface area is 110 Å². The number of nitrogens with two attached hydrogens (primary N) is 1. The van der Waals surface area contributed by atoms with Crippen molar-refractivity contribution in [3.05, 3.63) is 54.4 Å². The van der Waals surface area contributed by atoms with E-state index in [4.69, 9.17) is 10.5 Å². The van der Waals surface area contributed by atoms with E-state index in [1.807, 2.05) is 43.3 Å². The summed E-state index contributed by atoms with van der Waals surface area (Å²) < 4.78 is 5.77. The van der Waals surface area contributed by atoms with E-state index in [1.54, 1.807) is 12.4 Å². The van der Waals surface area contributed by atoms with E-state index in [-0.39, 0.29) is 0 Å².